The highest BCUT2D eigenvalue weighted by molar-refractivity contribution is 5.99. The maximum atomic E-state index is 11.8. The van der Waals surface area contributed by atoms with E-state index in [2.05, 4.69) is 15.4 Å². The van der Waals surface area contributed by atoms with Gasteiger partial charge >= 0.3 is 0 Å². The van der Waals surface area contributed by atoms with Gasteiger partial charge in [-0.25, -0.2) is 0 Å². The van der Waals surface area contributed by atoms with Crippen LogP contribution in [0.3, 0.4) is 0 Å². The number of ketones is 1. The molecule has 0 saturated heterocycles. The van der Waals surface area contributed by atoms with Crippen LogP contribution in [0.15, 0.2) is 30.7 Å². The molecule has 100 valence electrons. The number of amides is 1. The van der Waals surface area contributed by atoms with Gasteiger partial charge in [0.1, 0.15) is 5.69 Å². The van der Waals surface area contributed by atoms with E-state index in [9.17, 15) is 9.59 Å². The Hall–Kier alpha value is -2.37. The first kappa shape index (κ1) is 13.1. The molecule has 19 heavy (non-hydrogen) atoms. The minimum absolute atomic E-state index is 0.0611. The number of nitrogens with one attached hydrogen (secondary N) is 2. The number of nitrogens with zero attached hydrogens (tertiary/aromatic N) is 2. The van der Waals surface area contributed by atoms with Gasteiger partial charge in [0.05, 0.1) is 0 Å². The quantitative estimate of drug-likeness (QED) is 0.605. The predicted octanol–water partition coefficient (Wildman–Crippen LogP) is 1.23. The molecule has 0 unspecified atom stereocenters. The standard InChI is InChI=1S/C13H16N4O2/c1-10(18)11-8-12(15-9-11)13(19)14-4-2-6-17-7-3-5-16-17/h3,5,7-9,15H,2,4,6H2,1H3,(H,14,19). The lowest BCUT2D eigenvalue weighted by Gasteiger charge is -2.04. The third kappa shape index (κ3) is 3.54. The molecule has 0 aliphatic rings. The van der Waals surface area contributed by atoms with E-state index in [1.54, 1.807) is 18.5 Å². The minimum atomic E-state index is -0.201. The molecule has 0 aromatic carbocycles. The van der Waals surface area contributed by atoms with Gasteiger partial charge in [0.25, 0.3) is 5.91 Å². The number of hydrogen-bond acceptors (Lipinski definition) is 3. The fourth-order valence-electron chi connectivity index (χ4n) is 1.70. The van der Waals surface area contributed by atoms with Gasteiger partial charge in [-0.2, -0.15) is 5.10 Å². The lowest BCUT2D eigenvalue weighted by Crippen LogP contribution is -2.25. The molecule has 0 bridgehead atoms. The van der Waals surface area contributed by atoms with E-state index >= 15 is 0 Å². The van der Waals surface area contributed by atoms with Crippen LogP contribution in [0.4, 0.5) is 0 Å². The van der Waals surface area contributed by atoms with Gasteiger partial charge in [0, 0.05) is 37.2 Å². The van der Waals surface area contributed by atoms with Gasteiger partial charge in [0.2, 0.25) is 0 Å². The molecule has 2 N–H and O–H groups in total. The van der Waals surface area contributed by atoms with Crippen LogP contribution in [0.5, 0.6) is 0 Å². The van der Waals surface area contributed by atoms with Crippen LogP contribution < -0.4 is 5.32 Å². The van der Waals surface area contributed by atoms with E-state index in [0.29, 0.717) is 17.8 Å². The minimum Gasteiger partial charge on any atom is -0.356 e. The van der Waals surface area contributed by atoms with Gasteiger partial charge in [-0.3, -0.25) is 14.3 Å². The number of aromatic amines is 1. The molecule has 0 aliphatic heterocycles. The number of rotatable bonds is 6. The molecule has 0 saturated carbocycles. The van der Waals surface area contributed by atoms with Crippen molar-refractivity contribution in [2.24, 2.45) is 0 Å². The molecule has 6 heteroatoms. The summed E-state index contributed by atoms with van der Waals surface area (Å²) in [5.74, 6) is -0.262. The lowest BCUT2D eigenvalue weighted by atomic mass is 10.2. The monoisotopic (exact) mass is 260 g/mol. The normalized spacial score (nSPS) is 10.4. The Labute approximate surface area is 110 Å². The predicted molar refractivity (Wildman–Crippen MR) is 70.0 cm³/mol. The van der Waals surface area contributed by atoms with Gasteiger partial charge in [-0.15, -0.1) is 0 Å². The molecule has 0 atom stereocenters. The Balaban J connectivity index is 1.76. The summed E-state index contributed by atoms with van der Waals surface area (Å²) in [6.07, 6.45) is 5.95. The van der Waals surface area contributed by atoms with Crippen LogP contribution in [0.2, 0.25) is 0 Å². The number of carbonyl (C=O) groups excluding carboxylic acids is 2. The molecule has 0 fully saturated rings. The van der Waals surface area contributed by atoms with E-state index in [4.69, 9.17) is 0 Å². The Morgan fingerprint density at radius 3 is 2.95 bits per heavy atom. The zero-order chi connectivity index (χ0) is 13.7. The number of aryl methyl sites for hydroxylation is 1. The van der Waals surface area contributed by atoms with E-state index in [1.165, 1.54) is 6.92 Å². The molecule has 2 aromatic heterocycles. The van der Waals surface area contributed by atoms with Crippen LogP contribution in [0, 0.1) is 0 Å². The summed E-state index contributed by atoms with van der Waals surface area (Å²) >= 11 is 0. The van der Waals surface area contributed by atoms with Gasteiger partial charge in [-0.05, 0) is 25.5 Å². The maximum absolute atomic E-state index is 11.8. The average molecular weight is 260 g/mol. The van der Waals surface area contributed by atoms with E-state index < -0.39 is 0 Å². The second-order valence-electron chi connectivity index (χ2n) is 4.24. The molecular formula is C13H16N4O2. The first-order chi connectivity index (χ1) is 9.16. The second kappa shape index (κ2) is 5.99. The number of carbonyl (C=O) groups is 2. The van der Waals surface area contributed by atoms with Crippen LogP contribution in [0.1, 0.15) is 34.2 Å². The third-order valence-corrected chi connectivity index (χ3v) is 2.74. The zero-order valence-electron chi connectivity index (χ0n) is 10.7. The summed E-state index contributed by atoms with van der Waals surface area (Å²) < 4.78 is 1.81. The van der Waals surface area contributed by atoms with Crippen LogP contribution in [0.25, 0.3) is 0 Å². The highest BCUT2D eigenvalue weighted by atomic mass is 16.2. The highest BCUT2D eigenvalue weighted by Gasteiger charge is 2.09. The molecule has 1 amide bonds. The Morgan fingerprint density at radius 1 is 1.47 bits per heavy atom. The maximum Gasteiger partial charge on any atom is 0.267 e. The molecule has 2 rings (SSSR count). The van der Waals surface area contributed by atoms with Crippen molar-refractivity contribution in [3.8, 4) is 0 Å². The molecule has 2 aromatic rings. The van der Waals surface area contributed by atoms with Crippen molar-refractivity contribution in [1.29, 1.82) is 0 Å². The van der Waals surface area contributed by atoms with Crippen molar-refractivity contribution in [2.75, 3.05) is 6.54 Å². The summed E-state index contributed by atoms with van der Waals surface area (Å²) in [6, 6.07) is 3.42. The number of aromatic nitrogens is 3. The largest absolute Gasteiger partial charge is 0.356 e. The average Bonchev–Trinajstić information content (AvgIpc) is 3.05. The van der Waals surface area contributed by atoms with Gasteiger partial charge < -0.3 is 10.3 Å². The van der Waals surface area contributed by atoms with Gasteiger partial charge in [0.15, 0.2) is 5.78 Å². The number of Topliss-reactive ketones (excluding diaryl/α,β-unsaturated/α-hetero) is 1. The van der Waals surface area contributed by atoms with Crippen LogP contribution >= 0.6 is 0 Å². The van der Waals surface area contributed by atoms with Crippen molar-refractivity contribution >= 4 is 11.7 Å². The molecule has 0 radical (unpaired) electrons. The number of H-pyrrole nitrogens is 1. The summed E-state index contributed by atoms with van der Waals surface area (Å²) in [6.45, 7) is 2.79. The first-order valence-electron chi connectivity index (χ1n) is 6.12. The van der Waals surface area contributed by atoms with E-state index in [1.807, 2.05) is 16.9 Å². The lowest BCUT2D eigenvalue weighted by molar-refractivity contribution is 0.0948. The summed E-state index contributed by atoms with van der Waals surface area (Å²) in [4.78, 5) is 25.7. The third-order valence-electron chi connectivity index (χ3n) is 2.74. The summed E-state index contributed by atoms with van der Waals surface area (Å²) in [7, 11) is 0. The Kier molecular flexibility index (Phi) is 4.12. The van der Waals surface area contributed by atoms with Gasteiger partial charge in [-0.1, -0.05) is 0 Å². The molecule has 0 spiro atoms. The smallest absolute Gasteiger partial charge is 0.267 e. The highest BCUT2D eigenvalue weighted by Crippen LogP contribution is 2.04. The molecule has 2 heterocycles. The van der Waals surface area contributed by atoms with Crippen molar-refractivity contribution < 1.29 is 9.59 Å². The SMILES string of the molecule is CC(=O)c1c[nH]c(C(=O)NCCCn2cccn2)c1. The van der Waals surface area contributed by atoms with Crippen LogP contribution in [-0.2, 0) is 6.54 Å². The second-order valence-corrected chi connectivity index (χ2v) is 4.24. The molecule has 6 nitrogen and oxygen atoms in total. The topological polar surface area (TPSA) is 79.8 Å². The first-order valence-corrected chi connectivity index (χ1v) is 6.12. The fraction of sp³-hybridized carbons (Fsp3) is 0.308. The molecular weight excluding hydrogens is 244 g/mol. The summed E-state index contributed by atoms with van der Waals surface area (Å²) in [5.41, 5.74) is 0.922. The van der Waals surface area contributed by atoms with Crippen molar-refractivity contribution in [3.05, 3.63) is 42.0 Å². The number of hydrogen-bond donors (Lipinski definition) is 2. The van der Waals surface area contributed by atoms with E-state index in [-0.39, 0.29) is 11.7 Å². The summed E-state index contributed by atoms with van der Waals surface area (Å²) in [5, 5.41) is 6.87. The van der Waals surface area contributed by atoms with Crippen molar-refractivity contribution in [2.45, 2.75) is 19.9 Å². The van der Waals surface area contributed by atoms with Crippen molar-refractivity contribution in [1.82, 2.24) is 20.1 Å². The Bertz CT molecular complexity index is 557. The van der Waals surface area contributed by atoms with Crippen LogP contribution in [-0.4, -0.2) is 33.0 Å². The zero-order valence-corrected chi connectivity index (χ0v) is 10.7. The van der Waals surface area contributed by atoms with Crippen molar-refractivity contribution in [3.63, 3.8) is 0 Å². The molecule has 0 aliphatic carbocycles. The fourth-order valence-corrected chi connectivity index (χ4v) is 1.70. The Morgan fingerprint density at radius 2 is 2.32 bits per heavy atom. The van der Waals surface area contributed by atoms with E-state index in [0.717, 1.165) is 13.0 Å².